The zero-order chi connectivity index (χ0) is 43.3. The van der Waals surface area contributed by atoms with Crippen LogP contribution in [0.2, 0.25) is 0 Å². The molecule has 10 heterocycles. The van der Waals surface area contributed by atoms with Crippen molar-refractivity contribution in [2.75, 3.05) is 62.2 Å². The quantitative estimate of drug-likeness (QED) is 0.174. The van der Waals surface area contributed by atoms with E-state index >= 15 is 0 Å². The van der Waals surface area contributed by atoms with Crippen LogP contribution in [0.15, 0.2) is 110 Å². The third-order valence-corrected chi connectivity index (χ3v) is 13.9. The molecule has 64 heavy (non-hydrogen) atoms. The molecule has 6 saturated heterocycles. The van der Waals surface area contributed by atoms with Gasteiger partial charge in [0.05, 0.1) is 31.7 Å². The number of benzene rings is 2. The highest BCUT2D eigenvalue weighted by Gasteiger charge is 2.46. The Morgan fingerprint density at radius 2 is 1.00 bits per heavy atom. The summed E-state index contributed by atoms with van der Waals surface area (Å²) in [5.74, 6) is 3.78. The zero-order valence-electron chi connectivity index (χ0n) is 36.4. The summed E-state index contributed by atoms with van der Waals surface area (Å²) in [6, 6.07) is 28.0. The van der Waals surface area contributed by atoms with Gasteiger partial charge in [-0.2, -0.15) is 0 Å². The third kappa shape index (κ3) is 7.72. The number of aryl methyl sites for hydroxylation is 2. The average Bonchev–Trinajstić information content (AvgIpc) is 3.71. The number of carbonyl (C=O) groups is 2. The minimum atomic E-state index is 0.0273. The van der Waals surface area contributed by atoms with Crippen molar-refractivity contribution in [1.29, 1.82) is 0 Å². The molecule has 2 aromatic carbocycles. The smallest absolute Gasteiger partial charge is 0.320 e. The first kappa shape index (κ1) is 40.1. The summed E-state index contributed by atoms with van der Waals surface area (Å²) in [7, 11) is 0. The van der Waals surface area contributed by atoms with Crippen molar-refractivity contribution in [3.05, 3.63) is 121 Å². The van der Waals surface area contributed by atoms with E-state index in [1.807, 2.05) is 92.8 Å². The second kappa shape index (κ2) is 16.8. The maximum atomic E-state index is 13.2. The Morgan fingerprint density at radius 3 is 1.52 bits per heavy atom. The van der Waals surface area contributed by atoms with Gasteiger partial charge >= 0.3 is 12.1 Å². The standard InChI is InChI=1S/2C25H27N5O2/c1-17-7-10-24(27-12-17)30-18-8-9-19(30)14-28(13-18)25(31)29-15-20(16-29)32-23-6-2-5-22-21(23)4-3-11-26-22;1-17-5-8-24(27-11-17)30-19-6-7-20(30)14-28(13-19)25(31)29-15-21(16-29)32-23-4-2-3-18-12-26-10-9-22(18)23/h2-7,10-12,18-20H,8-9,13-16H2,1H3;2-5,8-12,19-21H,6-7,13-16H2,1H3. The van der Waals surface area contributed by atoms with Crippen LogP contribution in [0.1, 0.15) is 36.8 Å². The summed E-state index contributed by atoms with van der Waals surface area (Å²) >= 11 is 0. The largest absolute Gasteiger partial charge is 0.486 e. The minimum Gasteiger partial charge on any atom is -0.486 e. The molecule has 0 radical (unpaired) electrons. The van der Waals surface area contributed by atoms with E-state index in [0.717, 1.165) is 96.7 Å². The number of anilines is 2. The lowest BCUT2D eigenvalue weighted by atomic mass is 10.1. The monoisotopic (exact) mass is 858 g/mol. The number of likely N-dealkylation sites (tertiary alicyclic amines) is 4. The van der Waals surface area contributed by atoms with Crippen LogP contribution in [0, 0.1) is 13.8 Å². The zero-order valence-corrected chi connectivity index (χ0v) is 36.4. The molecule has 4 aromatic heterocycles. The summed E-state index contributed by atoms with van der Waals surface area (Å²) in [4.78, 5) is 56.9. The van der Waals surface area contributed by atoms with Gasteiger partial charge in [-0.25, -0.2) is 19.6 Å². The van der Waals surface area contributed by atoms with Crippen molar-refractivity contribution in [3.63, 3.8) is 0 Å². The van der Waals surface area contributed by atoms with Crippen LogP contribution in [0.25, 0.3) is 21.7 Å². The van der Waals surface area contributed by atoms with Gasteiger partial charge in [-0.15, -0.1) is 0 Å². The number of fused-ring (bicyclic) bond motifs is 6. The van der Waals surface area contributed by atoms with E-state index in [9.17, 15) is 9.59 Å². The second-order valence-electron chi connectivity index (χ2n) is 18.3. The summed E-state index contributed by atoms with van der Waals surface area (Å²) in [6.07, 6.45) is 13.8. The molecule has 4 amide bonds. The van der Waals surface area contributed by atoms with E-state index in [1.54, 1.807) is 12.4 Å². The Bertz CT molecular complexity index is 2430. The highest BCUT2D eigenvalue weighted by atomic mass is 16.5. The van der Waals surface area contributed by atoms with Crippen LogP contribution in [0.4, 0.5) is 21.2 Å². The Balaban J connectivity index is 0.000000143. The topological polar surface area (TPSA) is 124 Å². The molecular weight excluding hydrogens is 805 g/mol. The molecule has 4 bridgehead atoms. The second-order valence-corrected chi connectivity index (χ2v) is 18.3. The van der Waals surface area contributed by atoms with Crippen LogP contribution in [-0.4, -0.2) is 140 Å². The Kier molecular flexibility index (Phi) is 10.5. The molecule has 12 rings (SSSR count). The molecule has 0 aliphatic carbocycles. The Labute approximate surface area is 373 Å². The number of hydrogen-bond acceptors (Lipinski definition) is 10. The van der Waals surface area contributed by atoms with Crippen molar-refractivity contribution in [3.8, 4) is 11.5 Å². The van der Waals surface area contributed by atoms with Crippen LogP contribution < -0.4 is 19.3 Å². The Morgan fingerprint density at radius 1 is 0.500 bits per heavy atom. The van der Waals surface area contributed by atoms with Gasteiger partial charge in [0.15, 0.2) is 0 Å². The molecule has 6 fully saturated rings. The molecule has 14 heteroatoms. The summed E-state index contributed by atoms with van der Waals surface area (Å²) in [5, 5.41) is 3.13. The predicted octanol–water partition coefficient (Wildman–Crippen LogP) is 6.95. The maximum absolute atomic E-state index is 13.2. The Hall–Kier alpha value is -6.70. The molecular formula is C50H54N10O4. The maximum Gasteiger partial charge on any atom is 0.320 e. The van der Waals surface area contributed by atoms with Crippen LogP contribution >= 0.6 is 0 Å². The molecule has 0 N–H and O–H groups in total. The van der Waals surface area contributed by atoms with Gasteiger partial charge < -0.3 is 38.9 Å². The molecule has 14 nitrogen and oxygen atoms in total. The number of aromatic nitrogens is 4. The first-order valence-electron chi connectivity index (χ1n) is 22.8. The number of ether oxygens (including phenoxy) is 2. The van der Waals surface area contributed by atoms with Gasteiger partial charge in [0, 0.05) is 97.5 Å². The predicted molar refractivity (Wildman–Crippen MR) is 246 cm³/mol. The highest BCUT2D eigenvalue weighted by Crippen LogP contribution is 2.37. The van der Waals surface area contributed by atoms with Gasteiger partial charge in [0.1, 0.15) is 35.3 Å². The molecule has 0 spiro atoms. The summed E-state index contributed by atoms with van der Waals surface area (Å²) < 4.78 is 12.4. The van der Waals surface area contributed by atoms with Crippen LogP contribution in [0.3, 0.4) is 0 Å². The van der Waals surface area contributed by atoms with E-state index < -0.39 is 0 Å². The van der Waals surface area contributed by atoms with E-state index in [0.29, 0.717) is 50.3 Å². The molecule has 0 saturated carbocycles. The minimum absolute atomic E-state index is 0.0273. The highest BCUT2D eigenvalue weighted by molar-refractivity contribution is 5.87. The van der Waals surface area contributed by atoms with Crippen molar-refractivity contribution in [2.45, 2.75) is 75.9 Å². The molecule has 328 valence electrons. The number of amides is 4. The lowest BCUT2D eigenvalue weighted by molar-refractivity contribution is 0.0293. The lowest BCUT2D eigenvalue weighted by Gasteiger charge is -2.46. The van der Waals surface area contributed by atoms with Crippen LogP contribution in [-0.2, 0) is 0 Å². The fraction of sp³-hybridized carbons (Fsp3) is 0.400. The molecule has 6 aliphatic heterocycles. The normalized spacial score (nSPS) is 22.8. The summed E-state index contributed by atoms with van der Waals surface area (Å²) in [6.45, 7) is 9.71. The molecule has 4 unspecified atom stereocenters. The van der Waals surface area contributed by atoms with Crippen molar-refractivity contribution < 1.29 is 19.1 Å². The van der Waals surface area contributed by atoms with E-state index in [4.69, 9.17) is 9.47 Å². The van der Waals surface area contributed by atoms with Gasteiger partial charge in [-0.1, -0.05) is 30.3 Å². The molecule has 6 aromatic rings. The fourth-order valence-electron chi connectivity index (χ4n) is 10.6. The van der Waals surface area contributed by atoms with Crippen LogP contribution in [0.5, 0.6) is 11.5 Å². The number of piperazine rings is 2. The van der Waals surface area contributed by atoms with Crippen molar-refractivity contribution >= 4 is 45.4 Å². The number of carbonyl (C=O) groups excluding carboxylic acids is 2. The van der Waals surface area contributed by atoms with E-state index in [1.165, 1.54) is 11.1 Å². The number of nitrogens with zero attached hydrogens (tertiary/aromatic N) is 10. The van der Waals surface area contributed by atoms with Crippen molar-refractivity contribution in [1.82, 2.24) is 39.5 Å². The van der Waals surface area contributed by atoms with Gasteiger partial charge in [0.25, 0.3) is 0 Å². The third-order valence-electron chi connectivity index (χ3n) is 13.9. The number of rotatable bonds is 6. The number of hydrogen-bond donors (Lipinski definition) is 0. The number of urea groups is 2. The fourth-order valence-corrected chi connectivity index (χ4v) is 10.6. The van der Waals surface area contributed by atoms with Gasteiger partial charge in [-0.3, -0.25) is 9.97 Å². The first-order chi connectivity index (χ1) is 31.3. The first-order valence-corrected chi connectivity index (χ1v) is 22.8. The van der Waals surface area contributed by atoms with E-state index in [2.05, 4.69) is 67.8 Å². The lowest BCUT2D eigenvalue weighted by Crippen LogP contribution is -2.63. The summed E-state index contributed by atoms with van der Waals surface area (Å²) in [5.41, 5.74) is 3.27. The average molecular weight is 859 g/mol. The van der Waals surface area contributed by atoms with Gasteiger partial charge in [0.2, 0.25) is 0 Å². The molecule has 6 aliphatic rings. The van der Waals surface area contributed by atoms with Crippen molar-refractivity contribution in [2.24, 2.45) is 0 Å². The van der Waals surface area contributed by atoms with E-state index in [-0.39, 0.29) is 24.3 Å². The SMILES string of the molecule is Cc1ccc(N2C3CCC2CN(C(=O)N2CC(Oc4cccc5cnccc45)C2)C3)nc1.Cc1ccc(N2C3CCC2CN(C(=O)N2CC(Oc4cccc5ncccc45)C2)C3)nc1. The number of pyridine rings is 4. The van der Waals surface area contributed by atoms with Gasteiger partial charge in [-0.05, 0) is 99.2 Å². The molecule has 4 atom stereocenters.